The molecule has 1 aliphatic heterocycles. The Morgan fingerprint density at radius 3 is 3.00 bits per heavy atom. The average molecular weight is 297 g/mol. The van der Waals surface area contributed by atoms with E-state index in [1.807, 2.05) is 6.07 Å². The van der Waals surface area contributed by atoms with Crippen LogP contribution in [0.25, 0.3) is 0 Å². The molecule has 100 valence electrons. The third kappa shape index (κ3) is 3.09. The lowest BCUT2D eigenvalue weighted by atomic mass is 10.1. The van der Waals surface area contributed by atoms with Crippen LogP contribution >= 0.6 is 24.1 Å². The Bertz CT molecular complexity index is 573. The molecule has 0 saturated carbocycles. The maximum atomic E-state index is 11.7. The van der Waals surface area contributed by atoms with E-state index in [0.29, 0.717) is 12.2 Å². The third-order valence-corrected chi connectivity index (χ3v) is 3.43. The second-order valence-corrected chi connectivity index (χ2v) is 4.74. The Labute approximate surface area is 121 Å². The smallest absolute Gasteiger partial charge is 0.272 e. The van der Waals surface area contributed by atoms with Gasteiger partial charge in [-0.2, -0.15) is 8.75 Å². The number of benzene rings is 1. The molecular weight excluding hydrogens is 284 g/mol. The van der Waals surface area contributed by atoms with Gasteiger partial charge in [0.25, 0.3) is 5.91 Å². The molecule has 1 aromatic carbocycles. The number of carbonyl (C=O) groups excluding carboxylic acids is 1. The first-order chi connectivity index (χ1) is 8.83. The van der Waals surface area contributed by atoms with Crippen molar-refractivity contribution >= 4 is 30.0 Å². The van der Waals surface area contributed by atoms with Crippen LogP contribution in [-0.4, -0.2) is 14.7 Å². The van der Waals surface area contributed by atoms with Crippen molar-refractivity contribution in [2.24, 2.45) is 0 Å². The molecule has 19 heavy (non-hydrogen) atoms. The fourth-order valence-electron chi connectivity index (χ4n) is 2.00. The summed E-state index contributed by atoms with van der Waals surface area (Å²) in [4.78, 5) is 11.7. The zero-order valence-corrected chi connectivity index (χ0v) is 11.7. The molecule has 0 radical (unpaired) electrons. The quantitative estimate of drug-likeness (QED) is 0.901. The van der Waals surface area contributed by atoms with Gasteiger partial charge in [-0.1, -0.05) is 18.2 Å². The van der Waals surface area contributed by atoms with Crippen LogP contribution in [0, 0.1) is 0 Å². The first-order valence-electron chi connectivity index (χ1n) is 5.70. The molecule has 3 rings (SSSR count). The summed E-state index contributed by atoms with van der Waals surface area (Å²) in [6.07, 6.45) is 1.48. The number of halogens is 1. The Morgan fingerprint density at radius 2 is 2.21 bits per heavy atom. The summed E-state index contributed by atoms with van der Waals surface area (Å²) in [6, 6.07) is 6.29. The van der Waals surface area contributed by atoms with Gasteiger partial charge in [0.1, 0.15) is 0 Å². The van der Waals surface area contributed by atoms with Crippen LogP contribution in [0.4, 0.5) is 0 Å². The van der Waals surface area contributed by atoms with E-state index in [1.54, 1.807) is 0 Å². The first-order valence-corrected chi connectivity index (χ1v) is 6.43. The lowest BCUT2D eigenvalue weighted by molar-refractivity contribution is 0.0947. The Balaban J connectivity index is 0.00000133. The standard InChI is InChI=1S/C12H12N4OS.ClH/c17-12(11-7-15-18-16-11)14-4-8-1-2-9-5-13-6-10(9)3-8;/h1-3,7,13H,4-6H2,(H,14,17);1H. The molecule has 0 atom stereocenters. The summed E-state index contributed by atoms with van der Waals surface area (Å²) in [5.41, 5.74) is 4.14. The second kappa shape index (κ2) is 6.10. The third-order valence-electron chi connectivity index (χ3n) is 2.95. The highest BCUT2D eigenvalue weighted by Crippen LogP contribution is 2.16. The Kier molecular flexibility index (Phi) is 4.47. The minimum Gasteiger partial charge on any atom is -0.347 e. The molecule has 7 heteroatoms. The van der Waals surface area contributed by atoms with Crippen LogP contribution in [0.5, 0.6) is 0 Å². The topological polar surface area (TPSA) is 66.9 Å². The lowest BCUT2D eigenvalue weighted by Gasteiger charge is -2.05. The molecular formula is C12H13ClN4OS. The first kappa shape index (κ1) is 13.9. The molecule has 1 aromatic heterocycles. The lowest BCUT2D eigenvalue weighted by Crippen LogP contribution is -2.23. The van der Waals surface area contributed by atoms with E-state index in [-0.39, 0.29) is 18.3 Å². The normalized spacial score (nSPS) is 12.6. The second-order valence-electron chi connectivity index (χ2n) is 4.18. The molecule has 0 aliphatic carbocycles. The van der Waals surface area contributed by atoms with Crippen molar-refractivity contribution in [1.29, 1.82) is 0 Å². The molecule has 2 heterocycles. The van der Waals surface area contributed by atoms with Gasteiger partial charge in [0.15, 0.2) is 5.69 Å². The summed E-state index contributed by atoms with van der Waals surface area (Å²) in [5.74, 6) is -0.178. The highest BCUT2D eigenvalue weighted by atomic mass is 35.5. The van der Waals surface area contributed by atoms with Crippen molar-refractivity contribution in [3.63, 3.8) is 0 Å². The van der Waals surface area contributed by atoms with Gasteiger partial charge in [0.05, 0.1) is 17.9 Å². The molecule has 0 fully saturated rings. The van der Waals surface area contributed by atoms with Gasteiger partial charge >= 0.3 is 0 Å². The molecule has 2 N–H and O–H groups in total. The minimum absolute atomic E-state index is 0. The van der Waals surface area contributed by atoms with E-state index < -0.39 is 0 Å². The molecule has 5 nitrogen and oxygen atoms in total. The van der Waals surface area contributed by atoms with E-state index in [0.717, 1.165) is 30.4 Å². The number of nitrogens with zero attached hydrogens (tertiary/aromatic N) is 2. The summed E-state index contributed by atoms with van der Waals surface area (Å²) < 4.78 is 7.70. The molecule has 1 amide bonds. The van der Waals surface area contributed by atoms with Gasteiger partial charge in [-0.25, -0.2) is 0 Å². The molecule has 0 unspecified atom stereocenters. The largest absolute Gasteiger partial charge is 0.347 e. The fourth-order valence-corrected chi connectivity index (χ4v) is 2.41. The van der Waals surface area contributed by atoms with E-state index in [9.17, 15) is 4.79 Å². The number of fused-ring (bicyclic) bond motifs is 1. The van der Waals surface area contributed by atoms with E-state index in [1.165, 1.54) is 17.3 Å². The monoisotopic (exact) mass is 296 g/mol. The van der Waals surface area contributed by atoms with Gasteiger partial charge in [-0.05, 0) is 16.7 Å². The van der Waals surface area contributed by atoms with Crippen LogP contribution in [0.1, 0.15) is 27.2 Å². The fraction of sp³-hybridized carbons (Fsp3) is 0.250. The number of carbonyl (C=O) groups is 1. The van der Waals surface area contributed by atoms with Gasteiger partial charge in [0.2, 0.25) is 0 Å². The van der Waals surface area contributed by atoms with Gasteiger partial charge in [-0.3, -0.25) is 4.79 Å². The zero-order chi connectivity index (χ0) is 12.4. The van der Waals surface area contributed by atoms with Gasteiger partial charge < -0.3 is 10.6 Å². The van der Waals surface area contributed by atoms with Crippen LogP contribution in [-0.2, 0) is 19.6 Å². The van der Waals surface area contributed by atoms with Crippen molar-refractivity contribution in [1.82, 2.24) is 19.4 Å². The predicted molar refractivity (Wildman–Crippen MR) is 75.3 cm³/mol. The Morgan fingerprint density at radius 1 is 1.37 bits per heavy atom. The SMILES string of the molecule is Cl.O=C(NCc1ccc2c(c1)CNC2)c1cnsn1. The van der Waals surface area contributed by atoms with Gasteiger partial charge in [-0.15, -0.1) is 12.4 Å². The molecule has 0 bridgehead atoms. The number of hydrogen-bond donors (Lipinski definition) is 2. The number of nitrogens with one attached hydrogen (secondary N) is 2. The van der Waals surface area contributed by atoms with Crippen molar-refractivity contribution < 1.29 is 4.79 Å². The maximum absolute atomic E-state index is 11.7. The molecule has 0 saturated heterocycles. The summed E-state index contributed by atoms with van der Waals surface area (Å²) in [5, 5.41) is 6.14. The average Bonchev–Trinajstić information content (AvgIpc) is 3.05. The van der Waals surface area contributed by atoms with Crippen molar-refractivity contribution in [3.05, 3.63) is 46.8 Å². The minimum atomic E-state index is -0.178. The van der Waals surface area contributed by atoms with E-state index in [2.05, 4.69) is 31.5 Å². The van der Waals surface area contributed by atoms with Crippen LogP contribution in [0.2, 0.25) is 0 Å². The number of aromatic nitrogens is 2. The van der Waals surface area contributed by atoms with Crippen LogP contribution in [0.3, 0.4) is 0 Å². The number of rotatable bonds is 3. The predicted octanol–water partition coefficient (Wildman–Crippen LogP) is 1.49. The Hall–Kier alpha value is -1.50. The molecule has 0 spiro atoms. The van der Waals surface area contributed by atoms with E-state index in [4.69, 9.17) is 0 Å². The number of amides is 1. The highest BCUT2D eigenvalue weighted by Gasteiger charge is 2.11. The summed E-state index contributed by atoms with van der Waals surface area (Å²) >= 11 is 1.04. The van der Waals surface area contributed by atoms with Gasteiger partial charge in [0, 0.05) is 19.6 Å². The summed E-state index contributed by atoms with van der Waals surface area (Å²) in [7, 11) is 0. The zero-order valence-electron chi connectivity index (χ0n) is 10.0. The van der Waals surface area contributed by atoms with E-state index >= 15 is 0 Å². The van der Waals surface area contributed by atoms with Crippen molar-refractivity contribution in [2.75, 3.05) is 0 Å². The van der Waals surface area contributed by atoms with Crippen LogP contribution in [0.15, 0.2) is 24.4 Å². The van der Waals surface area contributed by atoms with Crippen molar-refractivity contribution in [3.8, 4) is 0 Å². The van der Waals surface area contributed by atoms with Crippen LogP contribution < -0.4 is 10.6 Å². The molecule has 2 aromatic rings. The van der Waals surface area contributed by atoms with Crippen molar-refractivity contribution in [2.45, 2.75) is 19.6 Å². The highest BCUT2D eigenvalue weighted by molar-refractivity contribution is 6.99. The maximum Gasteiger partial charge on any atom is 0.272 e. The molecule has 1 aliphatic rings. The number of hydrogen-bond acceptors (Lipinski definition) is 5. The summed E-state index contributed by atoms with van der Waals surface area (Å²) in [6.45, 7) is 2.36.